The molecule has 1 aromatic rings. The number of carbonyl (C=O) groups is 1. The van der Waals surface area contributed by atoms with Crippen LogP contribution in [-0.4, -0.2) is 30.3 Å². The Morgan fingerprint density at radius 2 is 2.17 bits per heavy atom. The quantitative estimate of drug-likeness (QED) is 0.875. The highest BCUT2D eigenvalue weighted by Gasteiger charge is 2.27. The Morgan fingerprint density at radius 3 is 2.67 bits per heavy atom. The van der Waals surface area contributed by atoms with Crippen LogP contribution in [-0.2, 0) is 0 Å². The maximum absolute atomic E-state index is 11.8. The van der Waals surface area contributed by atoms with Crippen molar-refractivity contribution in [3.05, 3.63) is 18.3 Å². The van der Waals surface area contributed by atoms with Crippen LogP contribution in [0.2, 0.25) is 0 Å². The first kappa shape index (κ1) is 14.1. The zero-order valence-electron chi connectivity index (χ0n) is 9.54. The second kappa shape index (κ2) is 6.08. The van der Waals surface area contributed by atoms with Crippen LogP contribution in [0.3, 0.4) is 0 Å². The molecule has 0 aliphatic heterocycles. The molecule has 0 atom stereocenters. The molecular formula is C10H12F3N3O2. The second-order valence-electron chi connectivity index (χ2n) is 3.24. The van der Waals surface area contributed by atoms with Crippen molar-refractivity contribution in [2.75, 3.05) is 18.5 Å². The van der Waals surface area contributed by atoms with Crippen molar-refractivity contribution in [3.63, 3.8) is 0 Å². The van der Waals surface area contributed by atoms with Gasteiger partial charge in [0.25, 0.3) is 0 Å². The lowest BCUT2D eigenvalue weighted by Gasteiger charge is -2.09. The number of alkyl halides is 3. The van der Waals surface area contributed by atoms with Crippen LogP contribution in [0, 0.1) is 0 Å². The zero-order chi connectivity index (χ0) is 13.6. The molecule has 5 nitrogen and oxygen atoms in total. The van der Waals surface area contributed by atoms with Gasteiger partial charge in [0.2, 0.25) is 5.88 Å². The number of amides is 2. The molecule has 2 N–H and O–H groups in total. The number of halogens is 3. The van der Waals surface area contributed by atoms with Crippen LogP contribution in [0.1, 0.15) is 6.92 Å². The fourth-order valence-electron chi connectivity index (χ4n) is 1.04. The summed E-state index contributed by atoms with van der Waals surface area (Å²) >= 11 is 0. The summed E-state index contributed by atoms with van der Waals surface area (Å²) in [6, 6.07) is 2.03. The van der Waals surface area contributed by atoms with Crippen LogP contribution in [0.5, 0.6) is 5.88 Å². The van der Waals surface area contributed by atoms with E-state index in [1.165, 1.54) is 18.3 Å². The predicted molar refractivity (Wildman–Crippen MR) is 58.5 cm³/mol. The van der Waals surface area contributed by atoms with Crippen molar-refractivity contribution < 1.29 is 22.7 Å². The molecule has 1 aromatic heterocycles. The van der Waals surface area contributed by atoms with Gasteiger partial charge in [0.05, 0.1) is 18.5 Å². The Hall–Kier alpha value is -1.99. The molecule has 0 unspecified atom stereocenters. The highest BCUT2D eigenvalue weighted by molar-refractivity contribution is 5.89. The minimum Gasteiger partial charge on any atom is -0.478 e. The average molecular weight is 263 g/mol. The topological polar surface area (TPSA) is 63.2 Å². The molecular weight excluding hydrogens is 251 g/mol. The highest BCUT2D eigenvalue weighted by Crippen LogP contribution is 2.13. The van der Waals surface area contributed by atoms with Crippen LogP contribution in [0.4, 0.5) is 23.7 Å². The van der Waals surface area contributed by atoms with E-state index in [9.17, 15) is 18.0 Å². The number of ether oxygens (including phenoxy) is 1. The molecule has 8 heteroatoms. The number of urea groups is 1. The molecule has 0 fully saturated rings. The molecule has 0 bridgehead atoms. The van der Waals surface area contributed by atoms with Gasteiger partial charge < -0.3 is 15.4 Å². The lowest BCUT2D eigenvalue weighted by Crippen LogP contribution is -2.36. The fourth-order valence-corrected chi connectivity index (χ4v) is 1.04. The predicted octanol–water partition coefficient (Wildman–Crippen LogP) is 2.16. The van der Waals surface area contributed by atoms with E-state index in [1.807, 2.05) is 0 Å². The molecule has 1 heterocycles. The number of nitrogens with zero attached hydrogens (tertiary/aromatic N) is 1. The average Bonchev–Trinajstić information content (AvgIpc) is 2.29. The van der Waals surface area contributed by atoms with Gasteiger partial charge in [-0.3, -0.25) is 0 Å². The van der Waals surface area contributed by atoms with E-state index in [-0.39, 0.29) is 5.69 Å². The number of carbonyl (C=O) groups excluding carboxylic acids is 1. The van der Waals surface area contributed by atoms with Gasteiger partial charge in [0.15, 0.2) is 0 Å². The SMILES string of the molecule is CCOc1ccc(NC(=O)NCC(F)(F)F)cn1. The standard InChI is InChI=1S/C10H12F3N3O2/c1-2-18-8-4-3-7(5-14-8)16-9(17)15-6-10(11,12)13/h3-5H,2,6H2,1H3,(H2,15,16,17). The van der Waals surface area contributed by atoms with Crippen LogP contribution in [0.15, 0.2) is 18.3 Å². The van der Waals surface area contributed by atoms with Crippen molar-refractivity contribution in [2.24, 2.45) is 0 Å². The van der Waals surface area contributed by atoms with Gasteiger partial charge >= 0.3 is 12.2 Å². The minimum atomic E-state index is -4.44. The lowest BCUT2D eigenvalue weighted by atomic mass is 10.4. The number of hydrogen-bond acceptors (Lipinski definition) is 3. The second-order valence-corrected chi connectivity index (χ2v) is 3.24. The number of rotatable bonds is 4. The number of hydrogen-bond donors (Lipinski definition) is 2. The molecule has 0 spiro atoms. The summed E-state index contributed by atoms with van der Waals surface area (Å²) < 4.78 is 40.5. The van der Waals surface area contributed by atoms with Gasteiger partial charge in [-0.25, -0.2) is 9.78 Å². The van der Waals surface area contributed by atoms with Gasteiger partial charge in [0, 0.05) is 6.07 Å². The Morgan fingerprint density at radius 1 is 1.44 bits per heavy atom. The monoisotopic (exact) mass is 263 g/mol. The van der Waals surface area contributed by atoms with Gasteiger partial charge in [-0.05, 0) is 13.0 Å². The van der Waals surface area contributed by atoms with Crippen molar-refractivity contribution in [2.45, 2.75) is 13.1 Å². The fraction of sp³-hybridized carbons (Fsp3) is 0.400. The lowest BCUT2D eigenvalue weighted by molar-refractivity contribution is -0.122. The van der Waals surface area contributed by atoms with Crippen LogP contribution in [0.25, 0.3) is 0 Å². The Bertz CT molecular complexity index is 392. The van der Waals surface area contributed by atoms with E-state index >= 15 is 0 Å². The summed E-state index contributed by atoms with van der Waals surface area (Å²) in [6.45, 7) is 0.855. The Labute approximate surface area is 101 Å². The van der Waals surface area contributed by atoms with E-state index < -0.39 is 18.8 Å². The summed E-state index contributed by atoms with van der Waals surface area (Å²) in [5, 5.41) is 3.89. The van der Waals surface area contributed by atoms with Crippen molar-refractivity contribution in [1.29, 1.82) is 0 Å². The van der Waals surface area contributed by atoms with Gasteiger partial charge in [-0.2, -0.15) is 13.2 Å². The number of nitrogens with one attached hydrogen (secondary N) is 2. The smallest absolute Gasteiger partial charge is 0.405 e. The summed E-state index contributed by atoms with van der Waals surface area (Å²) in [4.78, 5) is 14.9. The third kappa shape index (κ3) is 5.37. The first-order valence-corrected chi connectivity index (χ1v) is 5.11. The Kier molecular flexibility index (Phi) is 4.75. The molecule has 1 rings (SSSR count). The first-order valence-electron chi connectivity index (χ1n) is 5.11. The molecule has 0 saturated heterocycles. The third-order valence-corrected chi connectivity index (χ3v) is 1.74. The number of pyridine rings is 1. The van der Waals surface area contributed by atoms with Gasteiger partial charge in [-0.15, -0.1) is 0 Å². The van der Waals surface area contributed by atoms with Crippen molar-refractivity contribution in [3.8, 4) is 5.88 Å². The number of aromatic nitrogens is 1. The Balaban J connectivity index is 2.44. The molecule has 0 aliphatic carbocycles. The third-order valence-electron chi connectivity index (χ3n) is 1.74. The van der Waals surface area contributed by atoms with E-state index in [1.54, 1.807) is 12.2 Å². The molecule has 18 heavy (non-hydrogen) atoms. The highest BCUT2D eigenvalue weighted by atomic mass is 19.4. The summed E-state index contributed by atoms with van der Waals surface area (Å²) in [5.74, 6) is 0.374. The first-order chi connectivity index (χ1) is 8.40. The van der Waals surface area contributed by atoms with Gasteiger partial charge in [-0.1, -0.05) is 0 Å². The largest absolute Gasteiger partial charge is 0.478 e. The van der Waals surface area contributed by atoms with Crippen molar-refractivity contribution in [1.82, 2.24) is 10.3 Å². The summed E-state index contributed by atoms with van der Waals surface area (Å²) in [5.41, 5.74) is 0.276. The normalized spacial score (nSPS) is 10.9. The minimum absolute atomic E-state index is 0.276. The molecule has 0 radical (unpaired) electrons. The maximum atomic E-state index is 11.8. The van der Waals surface area contributed by atoms with E-state index in [0.717, 1.165) is 0 Å². The summed E-state index contributed by atoms with van der Waals surface area (Å²) in [6.07, 6.45) is -3.15. The van der Waals surface area contributed by atoms with E-state index in [2.05, 4.69) is 10.3 Å². The molecule has 0 aromatic carbocycles. The van der Waals surface area contributed by atoms with E-state index in [4.69, 9.17) is 4.74 Å². The van der Waals surface area contributed by atoms with Gasteiger partial charge in [0.1, 0.15) is 6.54 Å². The molecule has 2 amide bonds. The van der Waals surface area contributed by atoms with Crippen molar-refractivity contribution >= 4 is 11.7 Å². The molecule has 0 aliphatic rings. The zero-order valence-corrected chi connectivity index (χ0v) is 9.54. The maximum Gasteiger partial charge on any atom is 0.405 e. The number of anilines is 1. The van der Waals surface area contributed by atoms with Crippen LogP contribution < -0.4 is 15.4 Å². The molecule has 0 saturated carbocycles. The van der Waals surface area contributed by atoms with E-state index in [0.29, 0.717) is 12.5 Å². The van der Waals surface area contributed by atoms with Crippen LogP contribution >= 0.6 is 0 Å². The molecule has 100 valence electrons. The summed E-state index contributed by atoms with van der Waals surface area (Å²) in [7, 11) is 0.